The zero-order chi connectivity index (χ0) is 15.7. The van der Waals surface area contributed by atoms with Crippen molar-refractivity contribution in [2.45, 2.75) is 6.92 Å². The quantitative estimate of drug-likeness (QED) is 0.703. The van der Waals surface area contributed by atoms with Crippen molar-refractivity contribution < 1.29 is 9.90 Å². The van der Waals surface area contributed by atoms with Crippen molar-refractivity contribution in [2.24, 2.45) is 0 Å². The van der Waals surface area contributed by atoms with E-state index in [1.807, 2.05) is 54.6 Å². The topological polar surface area (TPSA) is 40.5 Å². The van der Waals surface area contributed by atoms with Gasteiger partial charge in [0.1, 0.15) is 5.75 Å². The lowest BCUT2D eigenvalue weighted by atomic mass is 10.1. The Morgan fingerprint density at radius 3 is 2.36 bits per heavy atom. The number of hydrogen-bond acceptors (Lipinski definition) is 2. The number of aromatic hydroxyl groups is 1. The van der Waals surface area contributed by atoms with E-state index < -0.39 is 0 Å². The predicted octanol–water partition coefficient (Wildman–Crippen LogP) is 4.99. The molecular formula is C18H14BrNO2. The van der Waals surface area contributed by atoms with E-state index in [-0.39, 0.29) is 11.7 Å². The van der Waals surface area contributed by atoms with E-state index in [0.717, 1.165) is 15.2 Å². The third kappa shape index (κ3) is 2.57. The van der Waals surface area contributed by atoms with Gasteiger partial charge in [-0.05, 0) is 35.7 Å². The molecule has 0 saturated heterocycles. The van der Waals surface area contributed by atoms with Crippen LogP contribution in [-0.2, 0) is 4.79 Å². The number of amides is 1. The van der Waals surface area contributed by atoms with Gasteiger partial charge in [-0.1, -0.05) is 46.3 Å². The molecule has 22 heavy (non-hydrogen) atoms. The fraction of sp³-hybridized carbons (Fsp3) is 0.0556. The normalized spacial score (nSPS) is 10.6. The smallest absolute Gasteiger partial charge is 0.228 e. The van der Waals surface area contributed by atoms with E-state index in [4.69, 9.17) is 0 Å². The van der Waals surface area contributed by atoms with Crippen LogP contribution in [0.5, 0.6) is 5.75 Å². The molecule has 3 rings (SSSR count). The largest absolute Gasteiger partial charge is 0.506 e. The number of anilines is 2. The van der Waals surface area contributed by atoms with Gasteiger partial charge in [0.05, 0.1) is 5.69 Å². The summed E-state index contributed by atoms with van der Waals surface area (Å²) in [6.07, 6.45) is 0. The van der Waals surface area contributed by atoms with E-state index in [1.54, 1.807) is 6.07 Å². The van der Waals surface area contributed by atoms with Gasteiger partial charge in [-0.2, -0.15) is 0 Å². The van der Waals surface area contributed by atoms with Gasteiger partial charge in [-0.3, -0.25) is 9.69 Å². The second kappa shape index (κ2) is 5.81. The fourth-order valence-electron chi connectivity index (χ4n) is 2.54. The van der Waals surface area contributed by atoms with Gasteiger partial charge < -0.3 is 5.11 Å². The number of hydrogen-bond donors (Lipinski definition) is 1. The van der Waals surface area contributed by atoms with E-state index in [9.17, 15) is 9.90 Å². The Balaban J connectivity index is 2.27. The van der Waals surface area contributed by atoms with Gasteiger partial charge in [0.2, 0.25) is 5.91 Å². The van der Waals surface area contributed by atoms with Crippen LogP contribution in [-0.4, -0.2) is 11.0 Å². The summed E-state index contributed by atoms with van der Waals surface area (Å²) in [7, 11) is 0. The van der Waals surface area contributed by atoms with Gasteiger partial charge in [-0.25, -0.2) is 0 Å². The molecule has 1 N–H and O–H groups in total. The highest BCUT2D eigenvalue weighted by Gasteiger charge is 2.20. The third-order valence-electron chi connectivity index (χ3n) is 3.50. The molecule has 0 spiro atoms. The maximum Gasteiger partial charge on any atom is 0.228 e. The first kappa shape index (κ1) is 14.6. The molecule has 0 aliphatic carbocycles. The molecule has 0 aromatic heterocycles. The van der Waals surface area contributed by atoms with Crippen LogP contribution in [0.4, 0.5) is 11.4 Å². The average molecular weight is 356 g/mol. The number of carbonyl (C=O) groups is 1. The molecule has 0 fully saturated rings. The lowest BCUT2D eigenvalue weighted by Gasteiger charge is -2.24. The minimum absolute atomic E-state index is 0.0804. The molecule has 1 amide bonds. The minimum Gasteiger partial charge on any atom is -0.506 e. The fourth-order valence-corrected chi connectivity index (χ4v) is 2.80. The van der Waals surface area contributed by atoms with Crippen LogP contribution in [0, 0.1) is 0 Å². The molecule has 3 aromatic rings. The highest BCUT2D eigenvalue weighted by atomic mass is 79.9. The molecule has 110 valence electrons. The van der Waals surface area contributed by atoms with E-state index in [2.05, 4.69) is 15.9 Å². The summed E-state index contributed by atoms with van der Waals surface area (Å²) in [4.78, 5) is 13.8. The lowest BCUT2D eigenvalue weighted by Crippen LogP contribution is -2.23. The van der Waals surface area contributed by atoms with Crippen LogP contribution in [0.3, 0.4) is 0 Å². The molecule has 0 atom stereocenters. The van der Waals surface area contributed by atoms with E-state index in [1.165, 1.54) is 11.8 Å². The second-order valence-corrected chi connectivity index (χ2v) is 5.90. The summed E-state index contributed by atoms with van der Waals surface area (Å²) in [6.45, 7) is 1.49. The van der Waals surface area contributed by atoms with Gasteiger partial charge in [0, 0.05) is 22.5 Å². The Bertz CT molecular complexity index is 843. The molecule has 0 radical (unpaired) electrons. The Morgan fingerprint density at radius 2 is 1.68 bits per heavy atom. The second-order valence-electron chi connectivity index (χ2n) is 4.99. The zero-order valence-corrected chi connectivity index (χ0v) is 13.5. The number of nitrogens with zero attached hydrogens (tertiary/aromatic N) is 1. The third-order valence-corrected chi connectivity index (χ3v) is 4.03. The molecule has 0 saturated carbocycles. The molecule has 3 aromatic carbocycles. The standard InChI is InChI=1S/C18H14BrNO2/c1-12(21)20(15-9-7-14(19)8-10-15)18-16-5-3-2-4-13(16)6-11-17(18)22/h2-11,22H,1H3. The Morgan fingerprint density at radius 1 is 1.00 bits per heavy atom. The van der Waals surface area contributed by atoms with Crippen molar-refractivity contribution in [1.82, 2.24) is 0 Å². The summed E-state index contributed by atoms with van der Waals surface area (Å²) >= 11 is 3.39. The Labute approximate surface area is 136 Å². The van der Waals surface area contributed by atoms with Crippen molar-refractivity contribution >= 4 is 44.0 Å². The highest BCUT2D eigenvalue weighted by Crippen LogP contribution is 2.39. The molecule has 0 heterocycles. The monoisotopic (exact) mass is 355 g/mol. The SMILES string of the molecule is CC(=O)N(c1ccc(Br)cc1)c1c(O)ccc2ccccc12. The first-order chi connectivity index (χ1) is 10.6. The summed E-state index contributed by atoms with van der Waals surface area (Å²) in [5.41, 5.74) is 1.22. The van der Waals surface area contributed by atoms with Gasteiger partial charge in [-0.15, -0.1) is 0 Å². The van der Waals surface area contributed by atoms with Crippen molar-refractivity contribution in [1.29, 1.82) is 0 Å². The van der Waals surface area contributed by atoms with Crippen LogP contribution in [0.15, 0.2) is 65.1 Å². The number of fused-ring (bicyclic) bond motifs is 1. The van der Waals surface area contributed by atoms with Crippen molar-refractivity contribution in [3.63, 3.8) is 0 Å². The van der Waals surface area contributed by atoms with Crippen molar-refractivity contribution in [3.8, 4) is 5.75 Å². The van der Waals surface area contributed by atoms with Crippen LogP contribution >= 0.6 is 15.9 Å². The molecule has 0 aliphatic heterocycles. The molecule has 3 nitrogen and oxygen atoms in total. The number of phenols is 1. The van der Waals surface area contributed by atoms with E-state index in [0.29, 0.717) is 11.4 Å². The Hall–Kier alpha value is -2.33. The number of rotatable bonds is 2. The zero-order valence-electron chi connectivity index (χ0n) is 12.0. The van der Waals surface area contributed by atoms with Crippen LogP contribution in [0.25, 0.3) is 10.8 Å². The van der Waals surface area contributed by atoms with Crippen molar-refractivity contribution in [3.05, 3.63) is 65.1 Å². The first-order valence-corrected chi connectivity index (χ1v) is 7.64. The summed E-state index contributed by atoms with van der Waals surface area (Å²) in [5, 5.41) is 12.1. The highest BCUT2D eigenvalue weighted by molar-refractivity contribution is 9.10. The molecular weight excluding hydrogens is 342 g/mol. The van der Waals surface area contributed by atoms with E-state index >= 15 is 0 Å². The maximum atomic E-state index is 12.2. The average Bonchev–Trinajstić information content (AvgIpc) is 2.51. The predicted molar refractivity (Wildman–Crippen MR) is 92.6 cm³/mol. The Kier molecular flexibility index (Phi) is 3.86. The molecule has 0 bridgehead atoms. The summed E-state index contributed by atoms with van der Waals surface area (Å²) in [6, 6.07) is 18.6. The van der Waals surface area contributed by atoms with Gasteiger partial charge in [0.25, 0.3) is 0 Å². The number of phenolic OH excluding ortho intramolecular Hbond substituents is 1. The summed E-state index contributed by atoms with van der Waals surface area (Å²) in [5.74, 6) is -0.0780. The lowest BCUT2D eigenvalue weighted by molar-refractivity contribution is -0.115. The minimum atomic E-state index is -0.158. The molecule has 0 unspecified atom stereocenters. The summed E-state index contributed by atoms with van der Waals surface area (Å²) < 4.78 is 0.932. The van der Waals surface area contributed by atoms with Crippen LogP contribution in [0.2, 0.25) is 0 Å². The number of halogens is 1. The van der Waals surface area contributed by atoms with Gasteiger partial charge in [0.15, 0.2) is 0 Å². The van der Waals surface area contributed by atoms with Crippen LogP contribution in [0.1, 0.15) is 6.92 Å². The first-order valence-electron chi connectivity index (χ1n) is 6.85. The number of benzene rings is 3. The van der Waals surface area contributed by atoms with Gasteiger partial charge >= 0.3 is 0 Å². The van der Waals surface area contributed by atoms with Crippen molar-refractivity contribution in [2.75, 3.05) is 4.90 Å². The van der Waals surface area contributed by atoms with Crippen LogP contribution < -0.4 is 4.90 Å². The molecule has 0 aliphatic rings. The molecule has 4 heteroatoms. The maximum absolute atomic E-state index is 12.2. The number of carbonyl (C=O) groups excluding carboxylic acids is 1.